The molecule has 2 saturated heterocycles. The molecule has 0 saturated carbocycles. The lowest BCUT2D eigenvalue weighted by Crippen LogP contribution is -2.61. The van der Waals surface area contributed by atoms with Crippen molar-refractivity contribution in [3.8, 4) is 0 Å². The molecule has 0 aromatic carbocycles. The highest BCUT2D eigenvalue weighted by molar-refractivity contribution is 5.87. The molecule has 2 aromatic heterocycles. The van der Waals surface area contributed by atoms with Gasteiger partial charge >= 0.3 is 0 Å². The zero-order chi connectivity index (χ0) is 19.9. The van der Waals surface area contributed by atoms with Crippen molar-refractivity contribution in [1.29, 1.82) is 0 Å². The van der Waals surface area contributed by atoms with Crippen molar-refractivity contribution in [2.24, 2.45) is 5.41 Å². The third-order valence-corrected chi connectivity index (χ3v) is 6.18. The van der Waals surface area contributed by atoms with Crippen molar-refractivity contribution >= 4 is 17.5 Å². The van der Waals surface area contributed by atoms with Crippen molar-refractivity contribution in [3.63, 3.8) is 0 Å². The zero-order valence-corrected chi connectivity index (χ0v) is 16.9. The van der Waals surface area contributed by atoms with Crippen LogP contribution in [0.2, 0.25) is 0 Å². The number of nitrogens with zero attached hydrogens (tertiary/aromatic N) is 3. The first-order valence-electron chi connectivity index (χ1n) is 10.0. The Bertz CT molecular complexity index is 909. The molecule has 0 unspecified atom stereocenters. The minimum Gasteiger partial charge on any atom is -0.354 e. The lowest BCUT2D eigenvalue weighted by atomic mass is 9.86. The van der Waals surface area contributed by atoms with Crippen LogP contribution in [0.5, 0.6) is 0 Å². The van der Waals surface area contributed by atoms with E-state index < -0.39 is 5.54 Å². The third kappa shape index (κ3) is 3.39. The normalized spacial score (nSPS) is 21.5. The maximum absolute atomic E-state index is 12.9. The Morgan fingerprint density at radius 3 is 2.75 bits per heavy atom. The summed E-state index contributed by atoms with van der Waals surface area (Å²) < 4.78 is 1.99. The number of imidazole rings is 1. The van der Waals surface area contributed by atoms with E-state index in [4.69, 9.17) is 0 Å². The molecule has 1 spiro atoms. The first-order chi connectivity index (χ1) is 13.3. The maximum atomic E-state index is 12.9. The fraction of sp³-hybridized carbons (Fsp3) is 0.571. The Labute approximate surface area is 165 Å². The quantitative estimate of drug-likeness (QED) is 0.819. The summed E-state index contributed by atoms with van der Waals surface area (Å²) in [7, 11) is 0. The molecular weight excluding hydrogens is 354 g/mol. The van der Waals surface area contributed by atoms with Crippen LogP contribution in [-0.2, 0) is 16.0 Å². The number of hydrogen-bond donors (Lipinski definition) is 2. The van der Waals surface area contributed by atoms with Crippen molar-refractivity contribution < 1.29 is 9.59 Å². The largest absolute Gasteiger partial charge is 0.354 e. The number of piperidine rings is 1. The average molecular weight is 383 g/mol. The summed E-state index contributed by atoms with van der Waals surface area (Å²) in [4.78, 5) is 31.9. The van der Waals surface area contributed by atoms with Crippen molar-refractivity contribution in [2.45, 2.75) is 45.6 Å². The van der Waals surface area contributed by atoms with Gasteiger partial charge < -0.3 is 19.9 Å². The van der Waals surface area contributed by atoms with E-state index in [2.05, 4.69) is 29.5 Å². The fourth-order valence-corrected chi connectivity index (χ4v) is 4.18. The van der Waals surface area contributed by atoms with Gasteiger partial charge in [0.15, 0.2) is 0 Å². The van der Waals surface area contributed by atoms with E-state index in [9.17, 15) is 9.59 Å². The Hall–Kier alpha value is -2.41. The number of aromatic nitrogens is 2. The Morgan fingerprint density at radius 1 is 1.25 bits per heavy atom. The number of hydrogen-bond acceptors (Lipinski definition) is 4. The number of fused-ring (bicyclic) bond motifs is 1. The number of carbonyl (C=O) groups is 2. The zero-order valence-electron chi connectivity index (χ0n) is 16.9. The van der Waals surface area contributed by atoms with Gasteiger partial charge in [0, 0.05) is 38.6 Å². The van der Waals surface area contributed by atoms with Gasteiger partial charge in [0.1, 0.15) is 11.2 Å². The number of nitrogens with one attached hydrogen (secondary N) is 2. The first kappa shape index (κ1) is 18.9. The molecule has 2 aliphatic rings. The summed E-state index contributed by atoms with van der Waals surface area (Å²) in [5.41, 5.74) is 2.37. The molecule has 0 radical (unpaired) electrons. The molecule has 2 fully saturated rings. The van der Waals surface area contributed by atoms with Gasteiger partial charge in [0.25, 0.3) is 0 Å². The molecule has 150 valence electrons. The van der Waals surface area contributed by atoms with Crippen LogP contribution in [0.25, 0.3) is 5.65 Å². The van der Waals surface area contributed by atoms with E-state index in [-0.39, 0.29) is 17.2 Å². The summed E-state index contributed by atoms with van der Waals surface area (Å²) in [5, 5.41) is 6.59. The van der Waals surface area contributed by atoms with Crippen LogP contribution >= 0.6 is 0 Å². The molecule has 2 N–H and O–H groups in total. The first-order valence-corrected chi connectivity index (χ1v) is 10.0. The highest BCUT2D eigenvalue weighted by Gasteiger charge is 2.44. The van der Waals surface area contributed by atoms with Crippen LogP contribution in [0.1, 0.15) is 37.9 Å². The lowest BCUT2D eigenvalue weighted by molar-refractivity contribution is -0.136. The summed E-state index contributed by atoms with van der Waals surface area (Å²) in [6.07, 6.45) is 5.35. The van der Waals surface area contributed by atoms with Gasteiger partial charge in [-0.25, -0.2) is 4.98 Å². The van der Waals surface area contributed by atoms with Gasteiger partial charge in [-0.2, -0.15) is 0 Å². The number of carbonyl (C=O) groups excluding carboxylic acids is 2. The van der Waals surface area contributed by atoms with Crippen LogP contribution in [0.4, 0.5) is 0 Å². The smallest absolute Gasteiger partial charge is 0.240 e. The topological polar surface area (TPSA) is 78.7 Å². The highest BCUT2D eigenvalue weighted by Crippen LogP contribution is 2.27. The van der Waals surface area contributed by atoms with Crippen LogP contribution in [-0.4, -0.2) is 57.8 Å². The summed E-state index contributed by atoms with van der Waals surface area (Å²) in [5.74, 6) is 0.162. The van der Waals surface area contributed by atoms with Gasteiger partial charge in [-0.15, -0.1) is 0 Å². The van der Waals surface area contributed by atoms with Crippen LogP contribution in [0.3, 0.4) is 0 Å². The number of rotatable bonds is 2. The fourth-order valence-electron chi connectivity index (χ4n) is 4.18. The second kappa shape index (κ2) is 6.88. The number of pyridine rings is 1. The molecule has 4 rings (SSSR count). The molecule has 2 aliphatic heterocycles. The average Bonchev–Trinajstić information content (AvgIpc) is 3.05. The van der Waals surface area contributed by atoms with Gasteiger partial charge in [0.2, 0.25) is 11.8 Å². The Balaban J connectivity index is 1.42. The number of amides is 2. The highest BCUT2D eigenvalue weighted by atomic mass is 16.2. The molecule has 7 nitrogen and oxygen atoms in total. The molecular formula is C21H29N5O2. The van der Waals surface area contributed by atoms with E-state index in [1.807, 2.05) is 34.6 Å². The molecule has 4 heterocycles. The molecule has 0 aliphatic carbocycles. The minimum atomic E-state index is -0.551. The van der Waals surface area contributed by atoms with Gasteiger partial charge in [-0.05, 0) is 36.8 Å². The van der Waals surface area contributed by atoms with E-state index in [0.29, 0.717) is 38.9 Å². The monoisotopic (exact) mass is 383 g/mol. The van der Waals surface area contributed by atoms with E-state index >= 15 is 0 Å². The molecule has 28 heavy (non-hydrogen) atoms. The summed E-state index contributed by atoms with van der Waals surface area (Å²) in [6, 6.07) is 3.99. The van der Waals surface area contributed by atoms with Crippen molar-refractivity contribution in [1.82, 2.24) is 24.9 Å². The predicted octanol–water partition coefficient (Wildman–Crippen LogP) is 1.29. The van der Waals surface area contributed by atoms with Gasteiger partial charge in [0.05, 0.1) is 12.1 Å². The van der Waals surface area contributed by atoms with Crippen LogP contribution < -0.4 is 10.6 Å². The molecule has 7 heteroatoms. The van der Waals surface area contributed by atoms with E-state index in [1.54, 1.807) is 6.20 Å². The summed E-state index contributed by atoms with van der Waals surface area (Å²) in [6.45, 7) is 8.97. The standard InChI is InChI=1S/C21H29N5O2/c1-15-5-4-8-26-16(12-22-18(15)26)11-17(27)25-9-6-21(7-10-25)19(28)23-13-20(2,3)14-24-21/h4-5,8,12,24H,6-7,9-11,13-14H2,1-3H3,(H,23,28). The van der Waals surface area contributed by atoms with Gasteiger partial charge in [-0.3, -0.25) is 9.59 Å². The Kier molecular flexibility index (Phi) is 4.65. The molecule has 2 amide bonds. The van der Waals surface area contributed by atoms with E-state index in [0.717, 1.165) is 23.4 Å². The number of aryl methyl sites for hydroxylation is 1. The molecule has 0 atom stereocenters. The summed E-state index contributed by atoms with van der Waals surface area (Å²) >= 11 is 0. The third-order valence-electron chi connectivity index (χ3n) is 6.18. The SMILES string of the molecule is Cc1cccn2c(CC(=O)N3CCC4(CC3)NCC(C)(C)CNC4=O)cnc12. The van der Waals surface area contributed by atoms with Crippen molar-refractivity contribution in [3.05, 3.63) is 35.8 Å². The number of likely N-dealkylation sites (tertiary alicyclic amines) is 1. The van der Waals surface area contributed by atoms with Crippen LogP contribution in [0.15, 0.2) is 24.5 Å². The predicted molar refractivity (Wildman–Crippen MR) is 107 cm³/mol. The van der Waals surface area contributed by atoms with Gasteiger partial charge in [-0.1, -0.05) is 19.9 Å². The second-order valence-electron chi connectivity index (χ2n) is 8.97. The van der Waals surface area contributed by atoms with E-state index in [1.165, 1.54) is 0 Å². The van der Waals surface area contributed by atoms with Crippen molar-refractivity contribution in [2.75, 3.05) is 26.2 Å². The minimum absolute atomic E-state index is 0.0350. The molecule has 0 bridgehead atoms. The molecule has 2 aromatic rings. The second-order valence-corrected chi connectivity index (χ2v) is 8.97. The lowest BCUT2D eigenvalue weighted by Gasteiger charge is -2.40. The van der Waals surface area contributed by atoms with Crippen LogP contribution in [0, 0.1) is 12.3 Å². The maximum Gasteiger partial charge on any atom is 0.240 e. The Morgan fingerprint density at radius 2 is 2.00 bits per heavy atom.